The van der Waals surface area contributed by atoms with Crippen molar-refractivity contribution < 1.29 is 0 Å². The zero-order valence-corrected chi connectivity index (χ0v) is 12.4. The molecule has 1 heterocycles. The van der Waals surface area contributed by atoms with E-state index in [0.717, 1.165) is 18.4 Å². The summed E-state index contributed by atoms with van der Waals surface area (Å²) in [7, 11) is 1.95. The van der Waals surface area contributed by atoms with Crippen molar-refractivity contribution in [1.29, 1.82) is 0 Å². The molecule has 1 nitrogen and oxygen atoms in total. The van der Waals surface area contributed by atoms with Gasteiger partial charge in [-0.15, -0.1) is 0 Å². The van der Waals surface area contributed by atoms with E-state index in [0.29, 0.717) is 10.0 Å². The molecule has 1 atom stereocenters. The van der Waals surface area contributed by atoms with Crippen LogP contribution in [0.4, 0.5) is 0 Å². The van der Waals surface area contributed by atoms with Gasteiger partial charge in [-0.1, -0.05) is 35.3 Å². The summed E-state index contributed by atoms with van der Waals surface area (Å²) in [6.45, 7) is 0. The Hall–Kier alpha value is -0.540. The van der Waals surface area contributed by atoms with Crippen LogP contribution in [-0.2, 0) is 6.42 Å². The Balaban J connectivity index is 2.10. The smallest absolute Gasteiger partial charge is 0.0640 e. The number of benzene rings is 1. The van der Waals surface area contributed by atoms with E-state index in [-0.39, 0.29) is 6.04 Å². The molecular weight excluding hydrogens is 285 g/mol. The number of rotatable bonds is 5. The Labute approximate surface area is 122 Å². The molecule has 0 aliphatic rings. The lowest BCUT2D eigenvalue weighted by Crippen LogP contribution is -2.17. The number of nitrogens with one attached hydrogen (secondary N) is 1. The van der Waals surface area contributed by atoms with Gasteiger partial charge in [0.1, 0.15) is 0 Å². The highest BCUT2D eigenvalue weighted by Crippen LogP contribution is 2.31. The van der Waals surface area contributed by atoms with Gasteiger partial charge in [-0.2, -0.15) is 11.3 Å². The van der Waals surface area contributed by atoms with Crippen molar-refractivity contribution in [3.8, 4) is 0 Å². The SMILES string of the molecule is CNC(CCc1ccsc1)c1cccc(Cl)c1Cl. The fourth-order valence-corrected chi connectivity index (χ4v) is 3.13. The van der Waals surface area contributed by atoms with Crippen molar-refractivity contribution in [3.05, 3.63) is 56.2 Å². The molecule has 4 heteroatoms. The minimum Gasteiger partial charge on any atom is -0.313 e. The monoisotopic (exact) mass is 299 g/mol. The normalized spacial score (nSPS) is 12.6. The molecule has 1 aromatic carbocycles. The molecule has 96 valence electrons. The van der Waals surface area contributed by atoms with Gasteiger partial charge in [0.15, 0.2) is 0 Å². The van der Waals surface area contributed by atoms with E-state index in [1.54, 1.807) is 11.3 Å². The quantitative estimate of drug-likeness (QED) is 0.824. The fraction of sp³-hybridized carbons (Fsp3) is 0.286. The standard InChI is InChI=1S/C14H15Cl2NS/c1-17-13(6-5-10-7-8-18-9-10)11-3-2-4-12(15)14(11)16/h2-4,7-9,13,17H,5-6H2,1H3. The third-order valence-electron chi connectivity index (χ3n) is 3.01. The molecule has 1 unspecified atom stereocenters. The second kappa shape index (κ2) is 6.58. The first-order valence-corrected chi connectivity index (χ1v) is 7.54. The van der Waals surface area contributed by atoms with Gasteiger partial charge in [0.05, 0.1) is 10.0 Å². The highest BCUT2D eigenvalue weighted by atomic mass is 35.5. The third kappa shape index (κ3) is 3.27. The Morgan fingerprint density at radius 1 is 1.28 bits per heavy atom. The Bertz CT molecular complexity index is 497. The highest BCUT2D eigenvalue weighted by Gasteiger charge is 2.14. The molecule has 0 amide bonds. The molecule has 0 aliphatic carbocycles. The summed E-state index contributed by atoms with van der Waals surface area (Å²) in [5.41, 5.74) is 2.44. The molecule has 0 aliphatic heterocycles. The molecule has 0 radical (unpaired) electrons. The van der Waals surface area contributed by atoms with Gasteiger partial charge in [0, 0.05) is 6.04 Å². The zero-order valence-electron chi connectivity index (χ0n) is 10.1. The van der Waals surface area contributed by atoms with Crippen molar-refractivity contribution >= 4 is 34.5 Å². The molecule has 2 aromatic rings. The number of aryl methyl sites for hydroxylation is 1. The van der Waals surface area contributed by atoms with Gasteiger partial charge in [0.2, 0.25) is 0 Å². The number of thiophene rings is 1. The summed E-state index contributed by atoms with van der Waals surface area (Å²) in [5.74, 6) is 0. The lowest BCUT2D eigenvalue weighted by atomic mass is 10.0. The summed E-state index contributed by atoms with van der Waals surface area (Å²) >= 11 is 14.0. The first kappa shape index (κ1) is 13.9. The maximum Gasteiger partial charge on any atom is 0.0640 e. The first-order chi connectivity index (χ1) is 8.72. The molecule has 18 heavy (non-hydrogen) atoms. The van der Waals surface area contributed by atoms with Crippen molar-refractivity contribution in [2.45, 2.75) is 18.9 Å². The maximum absolute atomic E-state index is 6.26. The van der Waals surface area contributed by atoms with E-state index in [9.17, 15) is 0 Å². The van der Waals surface area contributed by atoms with Gasteiger partial charge in [-0.05, 0) is 53.9 Å². The Morgan fingerprint density at radius 3 is 2.78 bits per heavy atom. The van der Waals surface area contributed by atoms with Gasteiger partial charge in [-0.25, -0.2) is 0 Å². The fourth-order valence-electron chi connectivity index (χ4n) is 1.99. The average Bonchev–Trinajstić information content (AvgIpc) is 2.88. The van der Waals surface area contributed by atoms with E-state index in [4.69, 9.17) is 23.2 Å². The second-order valence-electron chi connectivity index (χ2n) is 4.15. The van der Waals surface area contributed by atoms with Crippen molar-refractivity contribution in [3.63, 3.8) is 0 Å². The van der Waals surface area contributed by atoms with E-state index in [1.165, 1.54) is 5.56 Å². The second-order valence-corrected chi connectivity index (χ2v) is 5.72. The van der Waals surface area contributed by atoms with E-state index >= 15 is 0 Å². The number of hydrogen-bond acceptors (Lipinski definition) is 2. The third-order valence-corrected chi connectivity index (χ3v) is 4.57. The lowest BCUT2D eigenvalue weighted by molar-refractivity contribution is 0.550. The van der Waals surface area contributed by atoms with Crippen LogP contribution in [0.3, 0.4) is 0 Å². The lowest BCUT2D eigenvalue weighted by Gasteiger charge is -2.18. The summed E-state index contributed by atoms with van der Waals surface area (Å²) < 4.78 is 0. The van der Waals surface area contributed by atoms with Crippen molar-refractivity contribution in [2.75, 3.05) is 7.05 Å². The van der Waals surface area contributed by atoms with Crippen LogP contribution < -0.4 is 5.32 Å². The van der Waals surface area contributed by atoms with Crippen LogP contribution in [0.2, 0.25) is 10.0 Å². The molecule has 1 N–H and O–H groups in total. The van der Waals surface area contributed by atoms with Crippen LogP contribution in [0.1, 0.15) is 23.6 Å². The van der Waals surface area contributed by atoms with E-state index in [2.05, 4.69) is 22.1 Å². The predicted octanol–water partition coefficient (Wildman–Crippen LogP) is 4.95. The van der Waals surface area contributed by atoms with E-state index in [1.807, 2.05) is 25.2 Å². The zero-order chi connectivity index (χ0) is 13.0. The minimum atomic E-state index is 0.232. The first-order valence-electron chi connectivity index (χ1n) is 5.84. The van der Waals surface area contributed by atoms with Crippen LogP contribution >= 0.6 is 34.5 Å². The van der Waals surface area contributed by atoms with Crippen LogP contribution in [0.15, 0.2) is 35.0 Å². The summed E-state index contributed by atoms with van der Waals surface area (Å²) in [4.78, 5) is 0. The topological polar surface area (TPSA) is 12.0 Å². The largest absolute Gasteiger partial charge is 0.313 e. The molecule has 0 spiro atoms. The molecule has 0 saturated carbocycles. The van der Waals surface area contributed by atoms with Crippen molar-refractivity contribution in [2.24, 2.45) is 0 Å². The van der Waals surface area contributed by atoms with E-state index < -0.39 is 0 Å². The molecule has 0 fully saturated rings. The van der Waals surface area contributed by atoms with Gasteiger partial charge in [-0.3, -0.25) is 0 Å². The van der Waals surface area contributed by atoms with Crippen LogP contribution in [0, 0.1) is 0 Å². The molecule has 2 rings (SSSR count). The van der Waals surface area contributed by atoms with Crippen LogP contribution in [0.25, 0.3) is 0 Å². The number of hydrogen-bond donors (Lipinski definition) is 1. The predicted molar refractivity (Wildman–Crippen MR) is 80.9 cm³/mol. The highest BCUT2D eigenvalue weighted by molar-refractivity contribution is 7.07. The number of halogens is 2. The Kier molecular flexibility index (Phi) is 5.07. The van der Waals surface area contributed by atoms with Crippen molar-refractivity contribution in [1.82, 2.24) is 5.32 Å². The Morgan fingerprint density at radius 2 is 2.11 bits per heavy atom. The van der Waals surface area contributed by atoms with Gasteiger partial charge >= 0.3 is 0 Å². The van der Waals surface area contributed by atoms with Crippen LogP contribution in [-0.4, -0.2) is 7.05 Å². The summed E-state index contributed by atoms with van der Waals surface area (Å²) in [5, 5.41) is 8.88. The molecule has 0 saturated heterocycles. The average molecular weight is 300 g/mol. The molecular formula is C14H15Cl2NS. The molecule has 1 aromatic heterocycles. The van der Waals surface area contributed by atoms with Crippen LogP contribution in [0.5, 0.6) is 0 Å². The molecule has 0 bridgehead atoms. The van der Waals surface area contributed by atoms with Gasteiger partial charge < -0.3 is 5.32 Å². The summed E-state index contributed by atoms with van der Waals surface area (Å²) in [6, 6.07) is 8.19. The maximum atomic E-state index is 6.26. The minimum absolute atomic E-state index is 0.232. The summed E-state index contributed by atoms with van der Waals surface area (Å²) in [6.07, 6.45) is 2.05. The van der Waals surface area contributed by atoms with Gasteiger partial charge in [0.25, 0.3) is 0 Å².